The molecule has 2 aromatic carbocycles. The largest absolute Gasteiger partial charge is 0.352 e. The van der Waals surface area contributed by atoms with Gasteiger partial charge in [-0.05, 0) is 49.1 Å². The number of hydrogen-bond donors (Lipinski definition) is 1. The van der Waals surface area contributed by atoms with Crippen molar-refractivity contribution in [1.29, 1.82) is 0 Å². The summed E-state index contributed by atoms with van der Waals surface area (Å²) >= 11 is 0. The Morgan fingerprint density at radius 2 is 1.91 bits per heavy atom. The van der Waals surface area contributed by atoms with E-state index in [1.807, 2.05) is 60.3 Å². The van der Waals surface area contributed by atoms with Gasteiger partial charge >= 0.3 is 0 Å². The van der Waals surface area contributed by atoms with Crippen molar-refractivity contribution in [2.45, 2.75) is 51.4 Å². The number of anilines is 1. The number of benzene rings is 2. The average Bonchev–Trinajstić information content (AvgIpc) is 3.48. The Balaban J connectivity index is 1.17. The van der Waals surface area contributed by atoms with E-state index in [0.717, 1.165) is 11.1 Å². The van der Waals surface area contributed by atoms with Crippen LogP contribution in [0.5, 0.6) is 0 Å². The minimum Gasteiger partial charge on any atom is -0.352 e. The van der Waals surface area contributed by atoms with Crippen molar-refractivity contribution in [2.75, 3.05) is 11.4 Å². The first-order valence-corrected chi connectivity index (χ1v) is 12.0. The highest BCUT2D eigenvalue weighted by atomic mass is 16.2. The van der Waals surface area contributed by atoms with E-state index in [1.165, 1.54) is 0 Å². The Hall–Kier alpha value is -3.94. The van der Waals surface area contributed by atoms with Crippen LogP contribution in [-0.2, 0) is 22.7 Å². The van der Waals surface area contributed by atoms with Gasteiger partial charge in [0, 0.05) is 38.3 Å². The van der Waals surface area contributed by atoms with E-state index in [1.54, 1.807) is 22.1 Å². The van der Waals surface area contributed by atoms with E-state index < -0.39 is 5.66 Å². The molecular weight excluding hydrogens is 442 g/mol. The molecule has 1 atom stereocenters. The van der Waals surface area contributed by atoms with Gasteiger partial charge in [-0.1, -0.05) is 36.4 Å². The van der Waals surface area contributed by atoms with Crippen molar-refractivity contribution >= 4 is 23.4 Å². The molecule has 0 bridgehead atoms. The summed E-state index contributed by atoms with van der Waals surface area (Å²) in [6, 6.07) is 17.2. The van der Waals surface area contributed by atoms with Crippen molar-refractivity contribution in [3.8, 4) is 0 Å². The van der Waals surface area contributed by atoms with Gasteiger partial charge in [-0.25, -0.2) is 0 Å². The fourth-order valence-electron chi connectivity index (χ4n) is 5.15. The summed E-state index contributed by atoms with van der Waals surface area (Å²) in [4.78, 5) is 42.0. The fraction of sp³-hybridized carbons (Fsp3) is 0.333. The van der Waals surface area contributed by atoms with Gasteiger partial charge < -0.3 is 10.2 Å². The first-order valence-electron chi connectivity index (χ1n) is 12.0. The predicted octanol–water partition coefficient (Wildman–Crippen LogP) is 3.33. The smallest absolute Gasteiger partial charge is 0.257 e. The molecule has 1 aromatic heterocycles. The monoisotopic (exact) mass is 471 g/mol. The van der Waals surface area contributed by atoms with Crippen LogP contribution >= 0.6 is 0 Å². The van der Waals surface area contributed by atoms with Crippen molar-refractivity contribution in [3.05, 3.63) is 83.7 Å². The molecular formula is C27H29N5O3. The SMILES string of the molecule is CC12CCC(=O)N1c1ccccc1C(=O)N2CCCC(=O)NCc1cccc(Cn2cccn2)c1. The number of carbonyl (C=O) groups is 3. The Bertz CT molecular complexity index is 1260. The quantitative estimate of drug-likeness (QED) is 0.546. The molecule has 180 valence electrons. The predicted molar refractivity (Wildman–Crippen MR) is 131 cm³/mol. The van der Waals surface area contributed by atoms with Crippen molar-refractivity contribution in [3.63, 3.8) is 0 Å². The van der Waals surface area contributed by atoms with Gasteiger partial charge in [0.2, 0.25) is 11.8 Å². The first-order chi connectivity index (χ1) is 17.0. The van der Waals surface area contributed by atoms with Crippen molar-refractivity contribution < 1.29 is 14.4 Å². The second kappa shape index (κ2) is 9.37. The summed E-state index contributed by atoms with van der Waals surface area (Å²) < 4.78 is 1.86. The van der Waals surface area contributed by atoms with Gasteiger partial charge in [0.1, 0.15) is 5.66 Å². The van der Waals surface area contributed by atoms with Crippen LogP contribution in [0.2, 0.25) is 0 Å². The molecule has 1 unspecified atom stereocenters. The number of nitrogens with zero attached hydrogens (tertiary/aromatic N) is 4. The number of para-hydroxylation sites is 1. The van der Waals surface area contributed by atoms with Crippen LogP contribution in [0, 0.1) is 0 Å². The van der Waals surface area contributed by atoms with Crippen LogP contribution in [0.4, 0.5) is 5.69 Å². The Labute approximate surface area is 204 Å². The maximum absolute atomic E-state index is 13.3. The number of fused-ring (bicyclic) bond motifs is 3. The molecule has 2 aliphatic rings. The molecule has 0 spiro atoms. The average molecular weight is 472 g/mol. The lowest BCUT2D eigenvalue weighted by Crippen LogP contribution is -2.62. The summed E-state index contributed by atoms with van der Waals surface area (Å²) in [5, 5.41) is 7.22. The minimum atomic E-state index is -0.686. The maximum Gasteiger partial charge on any atom is 0.257 e. The summed E-state index contributed by atoms with van der Waals surface area (Å²) in [6.45, 7) is 3.49. The normalized spacial score (nSPS) is 19.0. The third-order valence-electron chi connectivity index (χ3n) is 6.92. The number of hydrogen-bond acceptors (Lipinski definition) is 4. The van der Waals surface area contributed by atoms with Gasteiger partial charge in [-0.15, -0.1) is 0 Å². The van der Waals surface area contributed by atoms with Crippen LogP contribution in [-0.4, -0.2) is 44.6 Å². The molecule has 0 radical (unpaired) electrons. The maximum atomic E-state index is 13.3. The summed E-state index contributed by atoms with van der Waals surface area (Å²) in [5.74, 6) is -0.106. The van der Waals surface area contributed by atoms with E-state index in [9.17, 15) is 14.4 Å². The van der Waals surface area contributed by atoms with Crippen LogP contribution in [0.1, 0.15) is 54.1 Å². The molecule has 1 saturated heterocycles. The number of amides is 3. The zero-order valence-electron chi connectivity index (χ0n) is 19.8. The number of aromatic nitrogens is 2. The number of carbonyl (C=O) groups excluding carboxylic acids is 3. The van der Waals surface area contributed by atoms with E-state index in [4.69, 9.17) is 0 Å². The third-order valence-corrected chi connectivity index (χ3v) is 6.92. The van der Waals surface area contributed by atoms with E-state index in [-0.39, 0.29) is 17.7 Å². The molecule has 1 fully saturated rings. The number of rotatable bonds is 8. The molecule has 0 saturated carbocycles. The number of nitrogens with one attached hydrogen (secondary N) is 1. The molecule has 0 aliphatic carbocycles. The van der Waals surface area contributed by atoms with Gasteiger partial charge in [0.15, 0.2) is 0 Å². The van der Waals surface area contributed by atoms with Gasteiger partial charge in [0.25, 0.3) is 5.91 Å². The standard InChI is InChI=1S/C27H29N5O3/c1-27-13-12-25(34)32(27)23-10-3-2-9-22(23)26(35)31(27)16-5-11-24(33)28-18-20-7-4-8-21(17-20)19-30-15-6-14-29-30/h2-4,6-10,14-15,17H,5,11-13,16,18-19H2,1H3,(H,28,33). The lowest BCUT2D eigenvalue weighted by molar-refractivity contribution is -0.121. The van der Waals surface area contributed by atoms with E-state index in [0.29, 0.717) is 56.6 Å². The molecule has 35 heavy (non-hydrogen) atoms. The lowest BCUT2D eigenvalue weighted by atomic mass is 9.98. The van der Waals surface area contributed by atoms with Gasteiger partial charge in [-0.2, -0.15) is 5.10 Å². The Morgan fingerprint density at radius 3 is 2.74 bits per heavy atom. The highest BCUT2D eigenvalue weighted by molar-refractivity contribution is 6.10. The molecule has 1 N–H and O–H groups in total. The second-order valence-corrected chi connectivity index (χ2v) is 9.32. The lowest BCUT2D eigenvalue weighted by Gasteiger charge is -2.48. The summed E-state index contributed by atoms with van der Waals surface area (Å²) in [5.41, 5.74) is 2.69. The molecule has 8 nitrogen and oxygen atoms in total. The molecule has 8 heteroatoms. The first kappa shape index (κ1) is 22.8. The zero-order chi connectivity index (χ0) is 24.4. The van der Waals surface area contributed by atoms with Crippen LogP contribution in [0.15, 0.2) is 67.0 Å². The second-order valence-electron chi connectivity index (χ2n) is 9.32. The van der Waals surface area contributed by atoms with Crippen molar-refractivity contribution in [1.82, 2.24) is 20.0 Å². The summed E-state index contributed by atoms with van der Waals surface area (Å²) in [7, 11) is 0. The van der Waals surface area contributed by atoms with Gasteiger partial charge in [-0.3, -0.25) is 24.0 Å². The fourth-order valence-corrected chi connectivity index (χ4v) is 5.15. The molecule has 5 rings (SSSR count). The van der Waals surface area contributed by atoms with Crippen LogP contribution < -0.4 is 10.2 Å². The molecule has 3 heterocycles. The molecule has 2 aliphatic heterocycles. The van der Waals surface area contributed by atoms with Gasteiger partial charge in [0.05, 0.1) is 17.8 Å². The Morgan fingerprint density at radius 1 is 1.09 bits per heavy atom. The van der Waals surface area contributed by atoms with E-state index >= 15 is 0 Å². The van der Waals surface area contributed by atoms with E-state index in [2.05, 4.69) is 16.5 Å². The van der Waals surface area contributed by atoms with Crippen LogP contribution in [0.3, 0.4) is 0 Å². The van der Waals surface area contributed by atoms with Crippen molar-refractivity contribution in [2.24, 2.45) is 0 Å². The van der Waals surface area contributed by atoms with Crippen LogP contribution in [0.25, 0.3) is 0 Å². The highest BCUT2D eigenvalue weighted by Gasteiger charge is 2.52. The third kappa shape index (κ3) is 4.43. The molecule has 3 amide bonds. The Kier molecular flexibility index (Phi) is 6.11. The zero-order valence-corrected chi connectivity index (χ0v) is 19.8. The minimum absolute atomic E-state index is 0.0324. The topological polar surface area (TPSA) is 87.5 Å². The summed E-state index contributed by atoms with van der Waals surface area (Å²) in [6.07, 6.45) is 5.50. The molecule has 3 aromatic rings. The highest BCUT2D eigenvalue weighted by Crippen LogP contribution is 2.44.